The molecule has 0 saturated heterocycles. The minimum Gasteiger partial charge on any atom is -0.409 e. The van der Waals surface area contributed by atoms with E-state index in [1.54, 1.807) is 13.8 Å². The van der Waals surface area contributed by atoms with Crippen LogP contribution in [0.4, 0.5) is 0 Å². The Balaban J connectivity index is 4.88. The molecule has 0 spiro atoms. The van der Waals surface area contributed by atoms with Crippen molar-refractivity contribution < 1.29 is 13.6 Å². The number of oxime groups is 1. The molecule has 8 heteroatoms. The maximum Gasteiger partial charge on any atom is 0.280 e. The number of nitrogens with two attached hydrogens (primary N) is 1. The second-order valence-corrected chi connectivity index (χ2v) is 5.86. The molecule has 1 unspecified atom stereocenters. The molecule has 0 aromatic carbocycles. The minimum absolute atomic E-state index is 0.132. The summed E-state index contributed by atoms with van der Waals surface area (Å²) in [6.07, 6.45) is 1.19. The number of hydrogen-bond donors (Lipinski definition) is 3. The summed E-state index contributed by atoms with van der Waals surface area (Å²) in [6.45, 7) is 5.41. The molecule has 0 aliphatic heterocycles. The van der Waals surface area contributed by atoms with Gasteiger partial charge in [-0.15, -0.1) is 0 Å². The van der Waals surface area contributed by atoms with Crippen molar-refractivity contribution in [2.24, 2.45) is 10.9 Å². The summed E-state index contributed by atoms with van der Waals surface area (Å²) in [4.78, 5) is 0. The first-order chi connectivity index (χ1) is 7.76. The van der Waals surface area contributed by atoms with Gasteiger partial charge in [0.1, 0.15) is 0 Å². The zero-order chi connectivity index (χ0) is 13.6. The van der Waals surface area contributed by atoms with Gasteiger partial charge in [-0.2, -0.15) is 17.4 Å². The Hall–Kier alpha value is -0.860. The SMILES string of the molecule is CCCC(NS(=O)(=O)N(C)C(C)C)C(N)=NO. The van der Waals surface area contributed by atoms with E-state index in [1.165, 1.54) is 11.4 Å². The summed E-state index contributed by atoms with van der Waals surface area (Å²) in [7, 11) is -2.15. The van der Waals surface area contributed by atoms with Crippen LogP contribution in [0.2, 0.25) is 0 Å². The van der Waals surface area contributed by atoms with E-state index in [0.717, 1.165) is 6.42 Å². The van der Waals surface area contributed by atoms with Gasteiger partial charge in [0, 0.05) is 13.1 Å². The van der Waals surface area contributed by atoms with Crippen molar-refractivity contribution in [1.29, 1.82) is 0 Å². The van der Waals surface area contributed by atoms with Crippen molar-refractivity contribution in [1.82, 2.24) is 9.03 Å². The van der Waals surface area contributed by atoms with Crippen LogP contribution in [0.5, 0.6) is 0 Å². The molecule has 102 valence electrons. The molecule has 0 aromatic rings. The molecule has 7 nitrogen and oxygen atoms in total. The smallest absolute Gasteiger partial charge is 0.280 e. The fraction of sp³-hybridized carbons (Fsp3) is 0.889. The highest BCUT2D eigenvalue weighted by Crippen LogP contribution is 2.05. The number of amidine groups is 1. The molecule has 0 heterocycles. The number of nitrogens with zero attached hydrogens (tertiary/aromatic N) is 2. The standard InChI is InChI=1S/C9H22N4O3S/c1-5-6-8(9(10)11-14)12-17(15,16)13(4)7(2)3/h7-8,12,14H,5-6H2,1-4H3,(H2,10,11). The highest BCUT2D eigenvalue weighted by molar-refractivity contribution is 7.87. The van der Waals surface area contributed by atoms with Gasteiger partial charge in [0.25, 0.3) is 10.2 Å². The summed E-state index contributed by atoms with van der Waals surface area (Å²) in [6, 6.07) is -0.849. The van der Waals surface area contributed by atoms with E-state index in [2.05, 4.69) is 9.88 Å². The average molecular weight is 266 g/mol. The van der Waals surface area contributed by atoms with Crippen molar-refractivity contribution in [3.8, 4) is 0 Å². The Morgan fingerprint density at radius 2 is 2.06 bits per heavy atom. The molecule has 0 aromatic heterocycles. The average Bonchev–Trinajstić information content (AvgIpc) is 2.25. The van der Waals surface area contributed by atoms with Crippen molar-refractivity contribution in [3.63, 3.8) is 0 Å². The summed E-state index contributed by atoms with van der Waals surface area (Å²) in [5.41, 5.74) is 5.44. The first-order valence-electron chi connectivity index (χ1n) is 5.49. The molecular weight excluding hydrogens is 244 g/mol. The molecule has 0 amide bonds. The zero-order valence-electron chi connectivity index (χ0n) is 10.7. The van der Waals surface area contributed by atoms with Crippen LogP contribution >= 0.6 is 0 Å². The van der Waals surface area contributed by atoms with Gasteiger partial charge in [-0.3, -0.25) is 0 Å². The van der Waals surface area contributed by atoms with E-state index >= 15 is 0 Å². The highest BCUT2D eigenvalue weighted by Gasteiger charge is 2.25. The molecule has 17 heavy (non-hydrogen) atoms. The lowest BCUT2D eigenvalue weighted by Crippen LogP contribution is -2.50. The summed E-state index contributed by atoms with van der Waals surface area (Å²) < 4.78 is 27.4. The van der Waals surface area contributed by atoms with E-state index in [4.69, 9.17) is 10.9 Å². The lowest BCUT2D eigenvalue weighted by atomic mass is 10.2. The second kappa shape index (κ2) is 6.77. The zero-order valence-corrected chi connectivity index (χ0v) is 11.5. The van der Waals surface area contributed by atoms with Gasteiger partial charge in [0.15, 0.2) is 5.84 Å². The Kier molecular flexibility index (Phi) is 6.43. The summed E-state index contributed by atoms with van der Waals surface area (Å²) in [5.74, 6) is -0.132. The molecule has 1 atom stereocenters. The quantitative estimate of drug-likeness (QED) is 0.262. The molecule has 0 bridgehead atoms. The van der Waals surface area contributed by atoms with E-state index < -0.39 is 16.3 Å². The molecular formula is C9H22N4O3S. The molecule has 0 aliphatic carbocycles. The van der Waals surface area contributed by atoms with Crippen molar-refractivity contribution in [2.45, 2.75) is 45.7 Å². The predicted octanol–water partition coefficient (Wildman–Crippen LogP) is 0.0761. The Morgan fingerprint density at radius 3 is 2.41 bits per heavy atom. The van der Waals surface area contributed by atoms with Gasteiger partial charge in [-0.05, 0) is 20.3 Å². The lowest BCUT2D eigenvalue weighted by Gasteiger charge is -2.24. The summed E-state index contributed by atoms with van der Waals surface area (Å²) >= 11 is 0. The van der Waals surface area contributed by atoms with Crippen LogP contribution in [0.15, 0.2) is 5.16 Å². The van der Waals surface area contributed by atoms with Gasteiger partial charge in [-0.1, -0.05) is 18.5 Å². The first-order valence-corrected chi connectivity index (χ1v) is 6.93. The van der Waals surface area contributed by atoms with Crippen molar-refractivity contribution in [3.05, 3.63) is 0 Å². The van der Waals surface area contributed by atoms with Crippen LogP contribution in [0, 0.1) is 0 Å². The summed E-state index contributed by atoms with van der Waals surface area (Å²) in [5, 5.41) is 11.4. The topological polar surface area (TPSA) is 108 Å². The van der Waals surface area contributed by atoms with E-state index in [-0.39, 0.29) is 11.9 Å². The van der Waals surface area contributed by atoms with E-state index in [0.29, 0.717) is 6.42 Å². The number of rotatable bonds is 7. The largest absolute Gasteiger partial charge is 0.409 e. The Labute approximate surface area is 103 Å². The normalized spacial score (nSPS) is 15.5. The van der Waals surface area contributed by atoms with Gasteiger partial charge < -0.3 is 10.9 Å². The van der Waals surface area contributed by atoms with Crippen LogP contribution in [0.1, 0.15) is 33.6 Å². The first kappa shape index (κ1) is 16.1. The maximum absolute atomic E-state index is 11.9. The monoisotopic (exact) mass is 266 g/mol. The van der Waals surface area contributed by atoms with Crippen LogP contribution in [-0.4, -0.2) is 42.9 Å². The molecule has 0 saturated carbocycles. The molecule has 0 aliphatic rings. The number of hydrogen-bond acceptors (Lipinski definition) is 4. The Morgan fingerprint density at radius 1 is 1.53 bits per heavy atom. The van der Waals surface area contributed by atoms with Crippen LogP contribution in [0.3, 0.4) is 0 Å². The minimum atomic E-state index is -3.62. The van der Waals surface area contributed by atoms with Gasteiger partial charge >= 0.3 is 0 Å². The third-order valence-electron chi connectivity index (χ3n) is 2.45. The third kappa shape index (κ3) is 4.88. The third-order valence-corrected chi connectivity index (χ3v) is 4.21. The van der Waals surface area contributed by atoms with Gasteiger partial charge in [0.05, 0.1) is 6.04 Å². The van der Waals surface area contributed by atoms with Gasteiger partial charge in [-0.25, -0.2) is 0 Å². The fourth-order valence-electron chi connectivity index (χ4n) is 1.17. The highest BCUT2D eigenvalue weighted by atomic mass is 32.2. The van der Waals surface area contributed by atoms with Crippen LogP contribution < -0.4 is 10.5 Å². The molecule has 4 N–H and O–H groups in total. The molecule has 0 rings (SSSR count). The predicted molar refractivity (Wildman–Crippen MR) is 67.1 cm³/mol. The van der Waals surface area contributed by atoms with Crippen molar-refractivity contribution in [2.75, 3.05) is 7.05 Å². The Bertz CT molecular complexity index is 353. The van der Waals surface area contributed by atoms with E-state index in [9.17, 15) is 8.42 Å². The van der Waals surface area contributed by atoms with Crippen LogP contribution in [-0.2, 0) is 10.2 Å². The van der Waals surface area contributed by atoms with Gasteiger partial charge in [0.2, 0.25) is 0 Å². The fourth-order valence-corrected chi connectivity index (χ4v) is 2.49. The second-order valence-electron chi connectivity index (χ2n) is 4.10. The number of nitrogens with one attached hydrogen (secondary N) is 1. The molecule has 0 radical (unpaired) electrons. The maximum atomic E-state index is 11.9. The van der Waals surface area contributed by atoms with Crippen molar-refractivity contribution >= 4 is 16.0 Å². The lowest BCUT2D eigenvalue weighted by molar-refractivity contribution is 0.314. The molecule has 0 fully saturated rings. The van der Waals surface area contributed by atoms with E-state index in [1.807, 2.05) is 6.92 Å². The van der Waals surface area contributed by atoms with Crippen LogP contribution in [0.25, 0.3) is 0 Å².